The molecule has 3 nitrogen and oxygen atoms in total. The summed E-state index contributed by atoms with van der Waals surface area (Å²) in [5, 5.41) is 9.75. The Morgan fingerprint density at radius 2 is 2.28 bits per heavy atom. The maximum atomic E-state index is 9.11. The summed E-state index contributed by atoms with van der Waals surface area (Å²) in [7, 11) is 4.28. The van der Waals surface area contributed by atoms with Crippen LogP contribution >= 0.6 is 11.6 Å². The number of nitrogens with zero attached hydrogens (tertiary/aromatic N) is 2. The second kappa shape index (κ2) is 5.91. The lowest BCUT2D eigenvalue weighted by molar-refractivity contribution is 0.282. The SMILES string of the molecule is CN(CC1CCCN1C)c1ccc(CO)c(Cl)c1. The topological polar surface area (TPSA) is 26.7 Å². The number of aliphatic hydroxyl groups is 1. The van der Waals surface area contributed by atoms with Gasteiger partial charge in [-0.15, -0.1) is 0 Å². The van der Waals surface area contributed by atoms with E-state index in [4.69, 9.17) is 16.7 Å². The van der Waals surface area contributed by atoms with E-state index in [1.165, 1.54) is 19.4 Å². The number of hydrogen-bond acceptors (Lipinski definition) is 3. The van der Waals surface area contributed by atoms with Crippen LogP contribution in [0.3, 0.4) is 0 Å². The molecule has 0 radical (unpaired) electrons. The number of likely N-dealkylation sites (N-methyl/N-ethyl adjacent to an activating group) is 2. The Morgan fingerprint density at radius 1 is 1.50 bits per heavy atom. The number of rotatable bonds is 4. The molecule has 0 amide bonds. The maximum absolute atomic E-state index is 9.11. The van der Waals surface area contributed by atoms with E-state index in [-0.39, 0.29) is 6.61 Å². The van der Waals surface area contributed by atoms with Crippen molar-refractivity contribution in [3.05, 3.63) is 28.8 Å². The number of likely N-dealkylation sites (tertiary alicyclic amines) is 1. The highest BCUT2D eigenvalue weighted by Gasteiger charge is 2.22. The minimum atomic E-state index is -0.00576. The van der Waals surface area contributed by atoms with Crippen LogP contribution in [0.2, 0.25) is 5.02 Å². The first kappa shape index (κ1) is 13.7. The van der Waals surface area contributed by atoms with Crippen LogP contribution in [0, 0.1) is 0 Å². The van der Waals surface area contributed by atoms with Crippen molar-refractivity contribution in [2.45, 2.75) is 25.5 Å². The molecule has 1 aliphatic rings. The van der Waals surface area contributed by atoms with Crippen molar-refractivity contribution in [2.75, 3.05) is 32.1 Å². The molecule has 100 valence electrons. The van der Waals surface area contributed by atoms with Gasteiger partial charge in [0.05, 0.1) is 6.61 Å². The molecule has 0 aliphatic carbocycles. The quantitative estimate of drug-likeness (QED) is 0.908. The predicted octanol–water partition coefficient (Wildman–Crippen LogP) is 2.36. The highest BCUT2D eigenvalue weighted by Crippen LogP contribution is 2.24. The van der Waals surface area contributed by atoms with Gasteiger partial charge in [-0.1, -0.05) is 17.7 Å². The summed E-state index contributed by atoms with van der Waals surface area (Å²) >= 11 is 6.12. The Bertz CT molecular complexity index is 411. The van der Waals surface area contributed by atoms with Gasteiger partial charge in [-0.2, -0.15) is 0 Å². The van der Waals surface area contributed by atoms with Gasteiger partial charge < -0.3 is 14.9 Å². The van der Waals surface area contributed by atoms with Gasteiger partial charge in [0.15, 0.2) is 0 Å². The summed E-state index contributed by atoms with van der Waals surface area (Å²) in [5.74, 6) is 0. The van der Waals surface area contributed by atoms with Crippen molar-refractivity contribution in [3.63, 3.8) is 0 Å². The Hall–Kier alpha value is -0.770. The highest BCUT2D eigenvalue weighted by atomic mass is 35.5. The van der Waals surface area contributed by atoms with Gasteiger partial charge in [0.25, 0.3) is 0 Å². The minimum absolute atomic E-state index is 0.00576. The molecule has 4 heteroatoms. The molecule has 1 unspecified atom stereocenters. The van der Waals surface area contributed by atoms with Crippen LogP contribution in [0.4, 0.5) is 5.69 Å². The Balaban J connectivity index is 2.04. The lowest BCUT2D eigenvalue weighted by Crippen LogP contribution is -2.36. The van der Waals surface area contributed by atoms with E-state index in [2.05, 4.69) is 23.9 Å². The Kier molecular flexibility index (Phi) is 4.49. The fourth-order valence-electron chi connectivity index (χ4n) is 2.53. The standard InChI is InChI=1S/C14H21ClN2O/c1-16-7-3-4-13(16)9-17(2)12-6-5-11(10-18)14(15)8-12/h5-6,8,13,18H,3-4,7,9-10H2,1-2H3. The molecule has 1 aromatic carbocycles. The van der Waals surface area contributed by atoms with E-state index >= 15 is 0 Å². The molecule has 1 saturated heterocycles. The van der Waals surface area contributed by atoms with E-state index in [1.807, 2.05) is 18.2 Å². The second-order valence-electron chi connectivity index (χ2n) is 5.09. The molecule has 1 aliphatic heterocycles. The normalized spacial score (nSPS) is 20.3. The summed E-state index contributed by atoms with van der Waals surface area (Å²) in [6.07, 6.45) is 2.56. The molecule has 0 bridgehead atoms. The van der Waals surface area contributed by atoms with Crippen LogP contribution in [-0.2, 0) is 6.61 Å². The van der Waals surface area contributed by atoms with Crippen LogP contribution in [0.5, 0.6) is 0 Å². The van der Waals surface area contributed by atoms with Crippen LogP contribution in [0.15, 0.2) is 18.2 Å². The van der Waals surface area contributed by atoms with Gasteiger partial charge in [-0.25, -0.2) is 0 Å². The Labute approximate surface area is 114 Å². The largest absolute Gasteiger partial charge is 0.392 e. The number of anilines is 1. The number of halogens is 1. The molecular formula is C14H21ClN2O. The molecule has 18 heavy (non-hydrogen) atoms. The van der Waals surface area contributed by atoms with Crippen molar-refractivity contribution < 1.29 is 5.11 Å². The minimum Gasteiger partial charge on any atom is -0.392 e. The van der Waals surface area contributed by atoms with E-state index < -0.39 is 0 Å². The lowest BCUT2D eigenvalue weighted by Gasteiger charge is -2.27. The first-order chi connectivity index (χ1) is 8.61. The summed E-state index contributed by atoms with van der Waals surface area (Å²) < 4.78 is 0. The summed E-state index contributed by atoms with van der Waals surface area (Å²) in [6.45, 7) is 2.21. The van der Waals surface area contributed by atoms with Gasteiger partial charge in [0.2, 0.25) is 0 Å². The zero-order valence-electron chi connectivity index (χ0n) is 11.1. The van der Waals surface area contributed by atoms with Crippen LogP contribution in [0.25, 0.3) is 0 Å². The number of aliphatic hydroxyl groups excluding tert-OH is 1. The summed E-state index contributed by atoms with van der Waals surface area (Å²) in [5.41, 5.74) is 1.89. The third-order valence-corrected chi connectivity index (χ3v) is 4.16. The van der Waals surface area contributed by atoms with Crippen LogP contribution in [0.1, 0.15) is 18.4 Å². The molecular weight excluding hydrogens is 248 g/mol. The summed E-state index contributed by atoms with van der Waals surface area (Å²) in [6, 6.07) is 6.48. The zero-order chi connectivity index (χ0) is 13.1. The van der Waals surface area contributed by atoms with E-state index in [1.54, 1.807) is 0 Å². The fraction of sp³-hybridized carbons (Fsp3) is 0.571. The van der Waals surface area contributed by atoms with E-state index in [0.717, 1.165) is 17.8 Å². The monoisotopic (exact) mass is 268 g/mol. The fourth-order valence-corrected chi connectivity index (χ4v) is 2.77. The molecule has 1 aromatic rings. The van der Waals surface area contributed by atoms with Gasteiger partial charge in [-0.05, 0) is 44.1 Å². The van der Waals surface area contributed by atoms with Crippen molar-refractivity contribution >= 4 is 17.3 Å². The Morgan fingerprint density at radius 3 is 2.83 bits per heavy atom. The summed E-state index contributed by atoms with van der Waals surface area (Å²) in [4.78, 5) is 4.65. The van der Waals surface area contributed by atoms with Crippen molar-refractivity contribution in [2.24, 2.45) is 0 Å². The van der Waals surface area contributed by atoms with Gasteiger partial charge in [0, 0.05) is 30.3 Å². The smallest absolute Gasteiger partial charge is 0.0696 e. The van der Waals surface area contributed by atoms with Crippen LogP contribution < -0.4 is 4.90 Å². The third-order valence-electron chi connectivity index (χ3n) is 3.80. The number of hydrogen-bond donors (Lipinski definition) is 1. The van der Waals surface area contributed by atoms with E-state index in [0.29, 0.717) is 11.1 Å². The second-order valence-corrected chi connectivity index (χ2v) is 5.50. The average molecular weight is 269 g/mol. The molecule has 1 N–H and O–H groups in total. The van der Waals surface area contributed by atoms with Gasteiger partial charge in [-0.3, -0.25) is 0 Å². The van der Waals surface area contributed by atoms with Gasteiger partial charge in [0.1, 0.15) is 0 Å². The molecule has 0 spiro atoms. The number of benzene rings is 1. The maximum Gasteiger partial charge on any atom is 0.0696 e. The van der Waals surface area contributed by atoms with Crippen molar-refractivity contribution in [3.8, 4) is 0 Å². The average Bonchev–Trinajstić information content (AvgIpc) is 2.75. The molecule has 2 rings (SSSR count). The van der Waals surface area contributed by atoms with Gasteiger partial charge >= 0.3 is 0 Å². The molecule has 1 fully saturated rings. The van der Waals surface area contributed by atoms with Crippen molar-refractivity contribution in [1.82, 2.24) is 4.90 Å². The van der Waals surface area contributed by atoms with Crippen LogP contribution in [-0.4, -0.2) is 43.2 Å². The first-order valence-corrected chi connectivity index (χ1v) is 6.80. The molecule has 1 heterocycles. The predicted molar refractivity (Wildman–Crippen MR) is 76.3 cm³/mol. The zero-order valence-corrected chi connectivity index (χ0v) is 11.8. The highest BCUT2D eigenvalue weighted by molar-refractivity contribution is 6.31. The van der Waals surface area contributed by atoms with Crippen molar-refractivity contribution in [1.29, 1.82) is 0 Å². The van der Waals surface area contributed by atoms with E-state index in [9.17, 15) is 0 Å². The first-order valence-electron chi connectivity index (χ1n) is 6.42. The molecule has 0 aromatic heterocycles. The lowest BCUT2D eigenvalue weighted by atomic mass is 10.1. The molecule has 0 saturated carbocycles. The third kappa shape index (κ3) is 2.97. The molecule has 1 atom stereocenters.